The van der Waals surface area contributed by atoms with Crippen molar-refractivity contribution >= 4 is 18.4 Å². The van der Waals surface area contributed by atoms with Crippen molar-refractivity contribution in [3.05, 3.63) is 71.8 Å². The lowest BCUT2D eigenvalue weighted by Gasteiger charge is -2.39. The predicted molar refractivity (Wildman–Crippen MR) is 88.5 cm³/mol. The van der Waals surface area contributed by atoms with Crippen LogP contribution in [0.1, 0.15) is 11.1 Å². The third kappa shape index (κ3) is 3.21. The van der Waals surface area contributed by atoms with Gasteiger partial charge in [0, 0.05) is 0 Å². The molecule has 2 unspecified atom stereocenters. The Hall–Kier alpha value is -3.07. The van der Waals surface area contributed by atoms with E-state index in [4.69, 9.17) is 0 Å². The molecule has 0 bridgehead atoms. The van der Waals surface area contributed by atoms with E-state index in [0.29, 0.717) is 0 Å². The maximum absolute atomic E-state index is 12.4. The second kappa shape index (κ2) is 8.34. The molecule has 8 nitrogen and oxygen atoms in total. The number of aliphatic hydroxyl groups is 2. The zero-order valence-electron chi connectivity index (χ0n) is 13.8. The molecular weight excluding hydrogens is 344 g/mol. The maximum atomic E-state index is 12.4. The van der Waals surface area contributed by atoms with Crippen LogP contribution >= 0.6 is 0 Å². The summed E-state index contributed by atoms with van der Waals surface area (Å²) in [6.45, 7) is -0.196. The molecule has 0 aromatic heterocycles. The fraction of sp³-hybridized carbons (Fsp3) is 0.167. The monoisotopic (exact) mass is 362 g/mol. The smallest absolute Gasteiger partial charge is 0.354 e. The van der Waals surface area contributed by atoms with Crippen LogP contribution in [-0.2, 0) is 35.1 Å². The normalized spacial score (nSPS) is 14.7. The van der Waals surface area contributed by atoms with Gasteiger partial charge in [0.2, 0.25) is 11.2 Å². The number of carbonyl (C=O) groups excluding carboxylic acids is 3. The number of carbonyl (C=O) groups is 3. The van der Waals surface area contributed by atoms with Crippen molar-refractivity contribution < 1.29 is 39.5 Å². The topological polar surface area (TPSA) is 142 Å². The van der Waals surface area contributed by atoms with Crippen LogP contribution in [0.15, 0.2) is 60.7 Å². The molecule has 0 radical (unpaired) electrons. The molecule has 4 N–H and O–H groups in total. The van der Waals surface area contributed by atoms with Gasteiger partial charge in [-0.15, -0.1) is 0 Å². The Kier molecular flexibility index (Phi) is 6.73. The summed E-state index contributed by atoms with van der Waals surface area (Å²) in [5.41, 5.74) is -6.05. The Morgan fingerprint density at radius 1 is 0.846 bits per heavy atom. The molecule has 2 aromatic rings. The van der Waals surface area contributed by atoms with Gasteiger partial charge in [-0.25, -0.2) is 9.59 Å². The van der Waals surface area contributed by atoms with Crippen molar-refractivity contribution in [2.24, 2.45) is 0 Å². The minimum Gasteiger partial charge on any atom is -0.467 e. The van der Waals surface area contributed by atoms with Gasteiger partial charge in [0.05, 0.1) is 7.11 Å². The van der Waals surface area contributed by atoms with Crippen LogP contribution in [-0.4, -0.2) is 41.2 Å². The van der Waals surface area contributed by atoms with E-state index in [0.717, 1.165) is 7.11 Å². The number of hydrogen-bond donors (Lipinski definition) is 2. The van der Waals surface area contributed by atoms with Crippen molar-refractivity contribution in [2.45, 2.75) is 11.2 Å². The molecule has 138 valence electrons. The lowest BCUT2D eigenvalue weighted by Crippen LogP contribution is -2.60. The average molecular weight is 362 g/mol. The van der Waals surface area contributed by atoms with Gasteiger partial charge in [0.25, 0.3) is 0 Å². The van der Waals surface area contributed by atoms with Crippen molar-refractivity contribution in [3.63, 3.8) is 0 Å². The molecular formula is C18H18O8. The van der Waals surface area contributed by atoms with Crippen LogP contribution in [0.4, 0.5) is 0 Å². The van der Waals surface area contributed by atoms with E-state index in [1.165, 1.54) is 48.5 Å². The highest BCUT2D eigenvalue weighted by Crippen LogP contribution is 2.42. The minimum atomic E-state index is -2.93. The lowest BCUT2D eigenvalue weighted by molar-refractivity contribution is -0.217. The summed E-state index contributed by atoms with van der Waals surface area (Å²) in [4.78, 5) is 35.5. The van der Waals surface area contributed by atoms with Crippen molar-refractivity contribution in [3.8, 4) is 0 Å². The number of esters is 2. The Morgan fingerprint density at radius 3 is 1.58 bits per heavy atom. The maximum Gasteiger partial charge on any atom is 0.354 e. The van der Waals surface area contributed by atoms with Gasteiger partial charge in [-0.05, 0) is 11.1 Å². The number of hydrogen-bond acceptors (Lipinski definition) is 7. The summed E-state index contributed by atoms with van der Waals surface area (Å²) in [7, 11) is 0.993. The molecule has 0 amide bonds. The third-order valence-electron chi connectivity index (χ3n) is 3.84. The highest BCUT2D eigenvalue weighted by Gasteiger charge is 2.64. The summed E-state index contributed by atoms with van der Waals surface area (Å²) in [6.07, 6.45) is 0. The molecule has 0 fully saturated rings. The SMILES string of the molecule is COC(=O)C(O)(c1ccccc1)C(O)(C(=O)OC=O)c1ccccc1.O. The summed E-state index contributed by atoms with van der Waals surface area (Å²) >= 11 is 0. The minimum absolute atomic E-state index is 0. The molecule has 0 aliphatic carbocycles. The first-order chi connectivity index (χ1) is 11.9. The second-order valence-corrected chi connectivity index (χ2v) is 5.15. The molecule has 0 saturated heterocycles. The Labute approximate surface area is 148 Å². The highest BCUT2D eigenvalue weighted by atomic mass is 16.6. The van der Waals surface area contributed by atoms with Crippen LogP contribution in [0.5, 0.6) is 0 Å². The van der Waals surface area contributed by atoms with Gasteiger partial charge in [-0.2, -0.15) is 0 Å². The van der Waals surface area contributed by atoms with E-state index >= 15 is 0 Å². The largest absolute Gasteiger partial charge is 0.467 e. The molecule has 0 aliphatic rings. The summed E-state index contributed by atoms with van der Waals surface area (Å²) in [6, 6.07) is 14.5. The highest BCUT2D eigenvalue weighted by molar-refractivity contribution is 5.96. The average Bonchev–Trinajstić information content (AvgIpc) is 2.67. The van der Waals surface area contributed by atoms with Crippen LogP contribution in [0.3, 0.4) is 0 Å². The van der Waals surface area contributed by atoms with E-state index in [1.807, 2.05) is 0 Å². The van der Waals surface area contributed by atoms with E-state index in [9.17, 15) is 24.6 Å². The van der Waals surface area contributed by atoms with Crippen molar-refractivity contribution in [2.75, 3.05) is 7.11 Å². The number of benzene rings is 2. The predicted octanol–water partition coefficient (Wildman–Crippen LogP) is -0.190. The van der Waals surface area contributed by atoms with Crippen molar-refractivity contribution in [1.82, 2.24) is 0 Å². The molecule has 2 atom stereocenters. The van der Waals surface area contributed by atoms with E-state index < -0.39 is 23.1 Å². The Morgan fingerprint density at radius 2 is 1.23 bits per heavy atom. The second-order valence-electron chi connectivity index (χ2n) is 5.15. The summed E-state index contributed by atoms with van der Waals surface area (Å²) in [5, 5.41) is 22.4. The number of methoxy groups -OCH3 is 1. The lowest BCUT2D eigenvalue weighted by atomic mass is 9.73. The molecule has 0 heterocycles. The molecule has 0 aliphatic heterocycles. The van der Waals surface area contributed by atoms with Gasteiger partial charge in [-0.3, -0.25) is 4.79 Å². The molecule has 2 rings (SSSR count). The van der Waals surface area contributed by atoms with Crippen LogP contribution in [0, 0.1) is 0 Å². The standard InChI is InChI=1S/C18H16O7.H2O/c1-24-15(20)17(22,13-8-4-2-5-9-13)18(23,16(21)25-12-19)14-10-6-3-7-11-14;/h2-12,22-23H,1H3;1H2. The quantitative estimate of drug-likeness (QED) is 0.412. The van der Waals surface area contributed by atoms with Gasteiger partial charge in [0.15, 0.2) is 0 Å². The van der Waals surface area contributed by atoms with Gasteiger partial charge >= 0.3 is 18.4 Å². The zero-order chi connectivity index (χ0) is 18.5. The summed E-state index contributed by atoms with van der Waals surface area (Å²) in [5.74, 6) is -2.82. The number of ether oxygens (including phenoxy) is 2. The molecule has 2 aromatic carbocycles. The van der Waals surface area contributed by atoms with E-state index in [1.54, 1.807) is 12.1 Å². The first-order valence-corrected chi connectivity index (χ1v) is 7.21. The van der Waals surface area contributed by atoms with E-state index in [-0.39, 0.29) is 23.1 Å². The van der Waals surface area contributed by atoms with Gasteiger partial charge in [-0.1, -0.05) is 60.7 Å². The van der Waals surface area contributed by atoms with Gasteiger partial charge in [0.1, 0.15) is 0 Å². The van der Waals surface area contributed by atoms with Crippen LogP contribution in [0.2, 0.25) is 0 Å². The van der Waals surface area contributed by atoms with Gasteiger partial charge < -0.3 is 25.2 Å². The molecule has 0 saturated carbocycles. The summed E-state index contributed by atoms with van der Waals surface area (Å²) < 4.78 is 8.91. The van der Waals surface area contributed by atoms with Crippen LogP contribution in [0.25, 0.3) is 0 Å². The molecule has 0 spiro atoms. The Bertz CT molecular complexity index is 761. The third-order valence-corrected chi connectivity index (χ3v) is 3.84. The number of rotatable bonds is 6. The fourth-order valence-electron chi connectivity index (χ4n) is 2.58. The zero-order valence-corrected chi connectivity index (χ0v) is 13.8. The van der Waals surface area contributed by atoms with Crippen molar-refractivity contribution in [1.29, 1.82) is 0 Å². The molecule has 8 heteroatoms. The fourth-order valence-corrected chi connectivity index (χ4v) is 2.58. The first kappa shape index (κ1) is 21.0. The van der Waals surface area contributed by atoms with E-state index in [2.05, 4.69) is 9.47 Å². The first-order valence-electron chi connectivity index (χ1n) is 7.21. The van der Waals surface area contributed by atoms with Crippen LogP contribution < -0.4 is 0 Å². The molecule has 26 heavy (non-hydrogen) atoms. The Balaban J connectivity index is 0.00000338.